The quantitative estimate of drug-likeness (QED) is 0.330. The Morgan fingerprint density at radius 1 is 0.973 bits per heavy atom. The number of methoxy groups -OCH3 is 2. The van der Waals surface area contributed by atoms with Crippen LogP contribution in [0.1, 0.15) is 16.1 Å². The number of pyridine rings is 2. The number of ether oxygens (including phenoxy) is 3. The average molecular weight is 524 g/mol. The van der Waals surface area contributed by atoms with Crippen LogP contribution in [0.15, 0.2) is 66.0 Å². The van der Waals surface area contributed by atoms with Gasteiger partial charge in [0.05, 0.1) is 14.2 Å². The molecule has 0 atom stereocenters. The van der Waals surface area contributed by atoms with Gasteiger partial charge in [0.15, 0.2) is 16.7 Å². The Morgan fingerprint density at radius 3 is 2.43 bits per heavy atom. The van der Waals surface area contributed by atoms with Crippen molar-refractivity contribution >= 4 is 21.8 Å². The predicted molar refractivity (Wildman–Crippen MR) is 132 cm³/mol. The number of sulfonamides is 1. The Labute approximate surface area is 212 Å². The number of aryl methyl sites for hydroxylation is 1. The van der Waals surface area contributed by atoms with E-state index in [2.05, 4.69) is 24.7 Å². The predicted octanol–water partition coefficient (Wildman–Crippen LogP) is 3.55. The largest absolute Gasteiger partial charge is 0.497 e. The number of aromatic carboxylic acids is 1. The Bertz CT molecular complexity index is 1560. The molecule has 12 nitrogen and oxygen atoms in total. The molecule has 190 valence electrons. The first-order chi connectivity index (χ1) is 17.7. The van der Waals surface area contributed by atoms with Gasteiger partial charge < -0.3 is 19.3 Å². The summed E-state index contributed by atoms with van der Waals surface area (Å²) in [5, 5.41) is 9.06. The van der Waals surface area contributed by atoms with Crippen LogP contribution < -0.4 is 18.9 Å². The lowest BCUT2D eigenvalue weighted by Crippen LogP contribution is -2.17. The minimum Gasteiger partial charge on any atom is -0.497 e. The van der Waals surface area contributed by atoms with Gasteiger partial charge >= 0.3 is 5.97 Å². The fraction of sp³-hybridized carbons (Fsp3) is 0.125. The molecule has 0 aliphatic heterocycles. The van der Waals surface area contributed by atoms with Crippen molar-refractivity contribution in [3.8, 4) is 34.5 Å². The smallest absolute Gasteiger partial charge is 0.354 e. The van der Waals surface area contributed by atoms with Crippen molar-refractivity contribution in [3.05, 3.63) is 72.2 Å². The minimum atomic E-state index is -4.22. The molecule has 0 bridgehead atoms. The Morgan fingerprint density at radius 2 is 1.76 bits per heavy atom. The number of hydrogen-bond acceptors (Lipinski definition) is 10. The van der Waals surface area contributed by atoms with Gasteiger partial charge in [0.1, 0.15) is 17.2 Å². The maximum absolute atomic E-state index is 13.2. The highest BCUT2D eigenvalue weighted by molar-refractivity contribution is 7.92. The van der Waals surface area contributed by atoms with Gasteiger partial charge in [0, 0.05) is 24.0 Å². The molecule has 0 fully saturated rings. The van der Waals surface area contributed by atoms with Crippen LogP contribution >= 0.6 is 0 Å². The van der Waals surface area contributed by atoms with Crippen LogP contribution in [0, 0.1) is 6.92 Å². The lowest BCUT2D eigenvalue weighted by Gasteiger charge is -2.16. The molecular weight excluding hydrogens is 502 g/mol. The topological polar surface area (TPSA) is 163 Å². The van der Waals surface area contributed by atoms with Crippen LogP contribution in [-0.2, 0) is 10.0 Å². The summed E-state index contributed by atoms with van der Waals surface area (Å²) in [5.74, 6) is -1.01. The lowest BCUT2D eigenvalue weighted by molar-refractivity contribution is 0.0690. The molecule has 3 heterocycles. The van der Waals surface area contributed by atoms with E-state index in [4.69, 9.17) is 14.2 Å². The van der Waals surface area contributed by atoms with E-state index in [1.165, 1.54) is 44.8 Å². The standard InChI is InChI=1S/C24H21N5O7S/c1-14-7-8-19(26-13-14)37(32,33)29-22-20(36-17-6-4-5-16(12-17)34-2)23(35-3)28-21(27-22)15-9-10-25-18(11-15)24(30)31/h4-13H,1-3H3,(H,30,31)(H,27,28,29). The van der Waals surface area contributed by atoms with Gasteiger partial charge in [0.2, 0.25) is 5.75 Å². The van der Waals surface area contributed by atoms with Crippen molar-refractivity contribution in [3.63, 3.8) is 0 Å². The third-order valence-electron chi connectivity index (χ3n) is 4.92. The average Bonchev–Trinajstić information content (AvgIpc) is 2.89. The third kappa shape index (κ3) is 5.73. The second kappa shape index (κ2) is 10.5. The van der Waals surface area contributed by atoms with Gasteiger partial charge in [-0.2, -0.15) is 13.4 Å². The number of nitrogens with zero attached hydrogens (tertiary/aromatic N) is 4. The number of nitrogens with one attached hydrogen (secondary N) is 1. The number of rotatable bonds is 9. The SMILES string of the molecule is COc1cccc(Oc2c(NS(=O)(=O)c3ccc(C)cn3)nc(-c3ccnc(C(=O)O)c3)nc2OC)c1. The number of benzene rings is 1. The zero-order valence-corrected chi connectivity index (χ0v) is 20.7. The molecule has 1 aromatic carbocycles. The molecule has 4 aromatic rings. The van der Waals surface area contributed by atoms with Gasteiger partial charge in [-0.1, -0.05) is 12.1 Å². The Hall–Kier alpha value is -4.78. The van der Waals surface area contributed by atoms with Crippen molar-refractivity contribution in [1.82, 2.24) is 19.9 Å². The fourth-order valence-corrected chi connectivity index (χ4v) is 4.06. The van der Waals surface area contributed by atoms with E-state index in [1.807, 2.05) is 0 Å². The second-order valence-electron chi connectivity index (χ2n) is 7.53. The molecule has 0 amide bonds. The summed E-state index contributed by atoms with van der Waals surface area (Å²) in [6.45, 7) is 1.78. The van der Waals surface area contributed by atoms with E-state index in [9.17, 15) is 18.3 Å². The minimum absolute atomic E-state index is 0.0330. The normalized spacial score (nSPS) is 11.0. The molecule has 0 saturated heterocycles. The van der Waals surface area contributed by atoms with Crippen molar-refractivity contribution in [2.45, 2.75) is 11.9 Å². The van der Waals surface area contributed by atoms with Crippen LogP contribution in [0.3, 0.4) is 0 Å². The highest BCUT2D eigenvalue weighted by atomic mass is 32.2. The summed E-state index contributed by atoms with van der Waals surface area (Å²) in [4.78, 5) is 27.8. The Balaban J connectivity index is 1.87. The molecule has 0 spiro atoms. The first-order valence-electron chi connectivity index (χ1n) is 10.6. The Kier molecular flexibility index (Phi) is 7.15. The van der Waals surface area contributed by atoms with Gasteiger partial charge in [-0.3, -0.25) is 4.72 Å². The van der Waals surface area contributed by atoms with Gasteiger partial charge in [-0.25, -0.2) is 19.7 Å². The number of carboxylic acids is 1. The van der Waals surface area contributed by atoms with Crippen molar-refractivity contribution in [2.24, 2.45) is 0 Å². The molecular formula is C24H21N5O7S. The van der Waals surface area contributed by atoms with E-state index in [0.717, 1.165) is 5.56 Å². The molecule has 4 rings (SSSR count). The molecule has 0 saturated carbocycles. The van der Waals surface area contributed by atoms with Crippen LogP contribution in [0.4, 0.5) is 5.82 Å². The summed E-state index contributed by atoms with van der Waals surface area (Å²) in [6.07, 6.45) is 2.69. The second-order valence-corrected chi connectivity index (χ2v) is 9.16. The molecule has 0 aliphatic rings. The summed E-state index contributed by atoms with van der Waals surface area (Å²) < 4.78 is 45.3. The van der Waals surface area contributed by atoms with Crippen molar-refractivity contribution in [1.29, 1.82) is 0 Å². The number of hydrogen-bond donors (Lipinski definition) is 2. The number of anilines is 1. The molecule has 2 N–H and O–H groups in total. The lowest BCUT2D eigenvalue weighted by atomic mass is 10.2. The van der Waals surface area contributed by atoms with Crippen LogP contribution in [0.2, 0.25) is 0 Å². The zero-order chi connectivity index (χ0) is 26.6. The highest BCUT2D eigenvalue weighted by Gasteiger charge is 2.25. The van der Waals surface area contributed by atoms with E-state index < -0.39 is 16.0 Å². The summed E-state index contributed by atoms with van der Waals surface area (Å²) in [5.41, 5.74) is 0.786. The first-order valence-corrected chi connectivity index (χ1v) is 12.1. The van der Waals surface area contributed by atoms with Crippen LogP contribution in [0.5, 0.6) is 23.1 Å². The van der Waals surface area contributed by atoms with Crippen molar-refractivity contribution < 1.29 is 32.5 Å². The molecule has 3 aromatic heterocycles. The van der Waals surface area contributed by atoms with E-state index >= 15 is 0 Å². The van der Waals surface area contributed by atoms with E-state index in [0.29, 0.717) is 11.5 Å². The summed E-state index contributed by atoms with van der Waals surface area (Å²) >= 11 is 0. The zero-order valence-electron chi connectivity index (χ0n) is 19.9. The highest BCUT2D eigenvalue weighted by Crippen LogP contribution is 2.39. The third-order valence-corrected chi connectivity index (χ3v) is 6.17. The first kappa shape index (κ1) is 25.3. The van der Waals surface area contributed by atoms with E-state index in [1.54, 1.807) is 37.3 Å². The van der Waals surface area contributed by atoms with Crippen LogP contribution in [0.25, 0.3) is 11.4 Å². The van der Waals surface area contributed by atoms with Crippen LogP contribution in [-0.4, -0.2) is 53.6 Å². The fourth-order valence-electron chi connectivity index (χ4n) is 3.12. The number of carbonyl (C=O) groups is 1. The molecule has 13 heteroatoms. The number of carboxylic acid groups (broad SMARTS) is 1. The monoisotopic (exact) mass is 523 g/mol. The summed E-state index contributed by atoms with van der Waals surface area (Å²) in [7, 11) is -1.41. The van der Waals surface area contributed by atoms with Gasteiger partial charge in [-0.05, 0) is 42.8 Å². The number of aromatic nitrogens is 4. The van der Waals surface area contributed by atoms with Gasteiger partial charge in [0.25, 0.3) is 15.9 Å². The van der Waals surface area contributed by atoms with Crippen molar-refractivity contribution in [2.75, 3.05) is 18.9 Å². The molecule has 37 heavy (non-hydrogen) atoms. The molecule has 0 aliphatic carbocycles. The van der Waals surface area contributed by atoms with E-state index in [-0.39, 0.29) is 39.6 Å². The van der Waals surface area contributed by atoms with Gasteiger partial charge in [-0.15, -0.1) is 0 Å². The summed E-state index contributed by atoms with van der Waals surface area (Å²) in [6, 6.07) is 12.3. The molecule has 0 radical (unpaired) electrons. The molecule has 0 unspecified atom stereocenters. The maximum Gasteiger partial charge on any atom is 0.354 e. The maximum atomic E-state index is 13.2.